The predicted molar refractivity (Wildman–Crippen MR) is 77.1 cm³/mol. The topological polar surface area (TPSA) is 35.2 Å². The van der Waals surface area contributed by atoms with Crippen molar-refractivity contribution in [1.29, 1.82) is 0 Å². The van der Waals surface area contributed by atoms with Gasteiger partial charge in [0.15, 0.2) is 0 Å². The van der Waals surface area contributed by atoms with E-state index in [2.05, 4.69) is 18.4 Å². The lowest BCUT2D eigenvalue weighted by atomic mass is 10.2. The van der Waals surface area contributed by atoms with Gasteiger partial charge in [0.25, 0.3) is 0 Å². The fourth-order valence-corrected chi connectivity index (χ4v) is 2.99. The second-order valence-electron chi connectivity index (χ2n) is 4.13. The molecule has 1 atom stereocenters. The van der Waals surface area contributed by atoms with Crippen LogP contribution in [0.15, 0.2) is 35.7 Å². The van der Waals surface area contributed by atoms with E-state index in [4.69, 9.17) is 22.1 Å². The zero-order valence-electron chi connectivity index (χ0n) is 10.2. The molecular weight excluding hydrogens is 266 g/mol. The van der Waals surface area contributed by atoms with Crippen molar-refractivity contribution in [2.75, 3.05) is 6.54 Å². The summed E-state index contributed by atoms with van der Waals surface area (Å²) in [5, 5.41) is 2.79. The predicted octanol–water partition coefficient (Wildman–Crippen LogP) is 3.93. The maximum Gasteiger partial charge on any atom is 0.105 e. The van der Waals surface area contributed by atoms with Gasteiger partial charge in [-0.25, -0.2) is 0 Å². The van der Waals surface area contributed by atoms with Crippen LogP contribution in [-0.4, -0.2) is 6.54 Å². The molecule has 1 heterocycles. The van der Waals surface area contributed by atoms with Crippen molar-refractivity contribution in [3.63, 3.8) is 0 Å². The van der Waals surface area contributed by atoms with E-state index in [0.717, 1.165) is 10.6 Å². The molecule has 1 aromatic heterocycles. The van der Waals surface area contributed by atoms with E-state index in [1.807, 2.05) is 24.3 Å². The van der Waals surface area contributed by atoms with Gasteiger partial charge in [-0.2, -0.15) is 0 Å². The standard InChI is InChI=1S/C14H16ClNOS/c1-10-5-6-18-14(10)13(8-16)17-9-11-3-2-4-12(15)7-11/h2-7,13H,8-9,16H2,1H3. The molecule has 0 aliphatic rings. The first-order chi connectivity index (χ1) is 8.70. The number of nitrogens with two attached hydrogens (primary N) is 1. The van der Waals surface area contributed by atoms with E-state index in [0.29, 0.717) is 13.2 Å². The molecule has 0 aliphatic carbocycles. The van der Waals surface area contributed by atoms with Crippen molar-refractivity contribution in [3.05, 3.63) is 56.7 Å². The van der Waals surface area contributed by atoms with Crippen molar-refractivity contribution >= 4 is 22.9 Å². The van der Waals surface area contributed by atoms with E-state index >= 15 is 0 Å². The summed E-state index contributed by atoms with van der Waals surface area (Å²) in [6.45, 7) is 3.10. The van der Waals surface area contributed by atoms with E-state index in [9.17, 15) is 0 Å². The van der Waals surface area contributed by atoms with E-state index < -0.39 is 0 Å². The summed E-state index contributed by atoms with van der Waals surface area (Å²) in [5.41, 5.74) is 8.09. The van der Waals surface area contributed by atoms with Gasteiger partial charge in [-0.15, -0.1) is 11.3 Å². The molecule has 18 heavy (non-hydrogen) atoms. The van der Waals surface area contributed by atoms with Gasteiger partial charge < -0.3 is 10.5 Å². The summed E-state index contributed by atoms with van der Waals surface area (Å²) in [4.78, 5) is 1.21. The first-order valence-electron chi connectivity index (χ1n) is 5.81. The Balaban J connectivity index is 2.02. The smallest absolute Gasteiger partial charge is 0.105 e. The Labute approximate surface area is 116 Å². The first kappa shape index (κ1) is 13.6. The maximum atomic E-state index is 5.94. The lowest BCUT2D eigenvalue weighted by Crippen LogP contribution is -2.15. The number of hydrogen-bond acceptors (Lipinski definition) is 3. The second kappa shape index (κ2) is 6.34. The third-order valence-corrected chi connectivity index (χ3v) is 4.09. The van der Waals surface area contributed by atoms with E-state index in [1.165, 1.54) is 10.4 Å². The highest BCUT2D eigenvalue weighted by molar-refractivity contribution is 7.10. The lowest BCUT2D eigenvalue weighted by Gasteiger charge is -2.16. The van der Waals surface area contributed by atoms with Crippen LogP contribution in [0.25, 0.3) is 0 Å². The normalized spacial score (nSPS) is 12.6. The van der Waals surface area contributed by atoms with Gasteiger partial charge in [-0.05, 0) is 41.6 Å². The Morgan fingerprint density at radius 3 is 2.83 bits per heavy atom. The van der Waals surface area contributed by atoms with Gasteiger partial charge in [0.1, 0.15) is 6.10 Å². The second-order valence-corrected chi connectivity index (χ2v) is 5.52. The van der Waals surface area contributed by atoms with Crippen molar-refractivity contribution in [2.45, 2.75) is 19.6 Å². The molecule has 0 saturated carbocycles. The number of thiophene rings is 1. The average molecular weight is 282 g/mol. The van der Waals surface area contributed by atoms with Gasteiger partial charge in [-0.3, -0.25) is 0 Å². The van der Waals surface area contributed by atoms with Crippen LogP contribution in [0.4, 0.5) is 0 Å². The summed E-state index contributed by atoms with van der Waals surface area (Å²) in [6.07, 6.45) is -0.0380. The molecule has 1 unspecified atom stereocenters. The van der Waals surface area contributed by atoms with Crippen LogP contribution in [0.2, 0.25) is 5.02 Å². The lowest BCUT2D eigenvalue weighted by molar-refractivity contribution is 0.0476. The van der Waals surface area contributed by atoms with Crippen molar-refractivity contribution in [3.8, 4) is 0 Å². The number of benzene rings is 1. The molecule has 0 aliphatic heterocycles. The average Bonchev–Trinajstić information content (AvgIpc) is 2.77. The number of aryl methyl sites for hydroxylation is 1. The third kappa shape index (κ3) is 3.33. The van der Waals surface area contributed by atoms with Crippen LogP contribution in [0.3, 0.4) is 0 Å². The van der Waals surface area contributed by atoms with Crippen LogP contribution in [0.5, 0.6) is 0 Å². The maximum absolute atomic E-state index is 5.94. The number of hydrogen-bond donors (Lipinski definition) is 1. The molecule has 0 spiro atoms. The molecule has 2 nitrogen and oxygen atoms in total. The third-order valence-electron chi connectivity index (χ3n) is 2.75. The molecule has 0 fully saturated rings. The molecule has 0 amide bonds. The molecule has 2 rings (SSSR count). The van der Waals surface area contributed by atoms with Gasteiger partial charge in [0, 0.05) is 16.4 Å². The van der Waals surface area contributed by atoms with Crippen LogP contribution in [0, 0.1) is 6.92 Å². The Bertz CT molecular complexity index is 512. The number of ether oxygens (including phenoxy) is 1. The Hall–Kier alpha value is -0.870. The van der Waals surface area contributed by atoms with Crippen molar-refractivity contribution < 1.29 is 4.74 Å². The minimum Gasteiger partial charge on any atom is -0.367 e. The molecule has 2 aromatic rings. The van der Waals surface area contributed by atoms with Crippen molar-refractivity contribution in [2.24, 2.45) is 5.73 Å². The highest BCUT2D eigenvalue weighted by atomic mass is 35.5. The van der Waals surface area contributed by atoms with Crippen molar-refractivity contribution in [1.82, 2.24) is 0 Å². The minimum atomic E-state index is -0.0380. The zero-order chi connectivity index (χ0) is 13.0. The fourth-order valence-electron chi connectivity index (χ4n) is 1.79. The molecule has 0 bridgehead atoms. The van der Waals surface area contributed by atoms with E-state index in [-0.39, 0.29) is 6.10 Å². The van der Waals surface area contributed by atoms with E-state index in [1.54, 1.807) is 11.3 Å². The molecule has 4 heteroatoms. The monoisotopic (exact) mass is 281 g/mol. The van der Waals surface area contributed by atoms with Gasteiger partial charge in [0.05, 0.1) is 6.61 Å². The summed E-state index contributed by atoms with van der Waals surface area (Å²) >= 11 is 7.63. The largest absolute Gasteiger partial charge is 0.367 e. The fraction of sp³-hybridized carbons (Fsp3) is 0.286. The molecular formula is C14H16ClNOS. The first-order valence-corrected chi connectivity index (χ1v) is 7.06. The summed E-state index contributed by atoms with van der Waals surface area (Å²) in [7, 11) is 0. The van der Waals surface area contributed by atoms with Crippen LogP contribution in [-0.2, 0) is 11.3 Å². The van der Waals surface area contributed by atoms with Crippen LogP contribution < -0.4 is 5.73 Å². The Kier molecular flexibility index (Phi) is 4.78. The zero-order valence-corrected chi connectivity index (χ0v) is 11.8. The molecule has 96 valence electrons. The summed E-state index contributed by atoms with van der Waals surface area (Å²) in [6, 6.07) is 9.78. The molecule has 0 radical (unpaired) electrons. The highest BCUT2D eigenvalue weighted by Crippen LogP contribution is 2.27. The van der Waals surface area contributed by atoms with Crippen LogP contribution >= 0.6 is 22.9 Å². The highest BCUT2D eigenvalue weighted by Gasteiger charge is 2.14. The van der Waals surface area contributed by atoms with Gasteiger partial charge in [-0.1, -0.05) is 23.7 Å². The number of halogens is 1. The summed E-state index contributed by atoms with van der Waals surface area (Å²) < 4.78 is 5.88. The minimum absolute atomic E-state index is 0.0380. The van der Waals surface area contributed by atoms with Gasteiger partial charge >= 0.3 is 0 Å². The molecule has 0 saturated heterocycles. The van der Waals surface area contributed by atoms with Gasteiger partial charge in [0.2, 0.25) is 0 Å². The number of rotatable bonds is 5. The molecule has 1 aromatic carbocycles. The SMILES string of the molecule is Cc1ccsc1C(CN)OCc1cccc(Cl)c1. The summed E-state index contributed by atoms with van der Waals surface area (Å²) in [5.74, 6) is 0. The van der Waals surface area contributed by atoms with Crippen LogP contribution in [0.1, 0.15) is 22.1 Å². The Morgan fingerprint density at radius 1 is 1.39 bits per heavy atom. The molecule has 2 N–H and O–H groups in total. The Morgan fingerprint density at radius 2 is 2.22 bits per heavy atom. The quantitative estimate of drug-likeness (QED) is 0.901.